The molecule has 0 aromatic heterocycles. The minimum Gasteiger partial charge on any atom is -0.306 e. The predicted octanol–water partition coefficient (Wildman–Crippen LogP) is 3.51. The molecule has 1 atom stereocenters. The summed E-state index contributed by atoms with van der Waals surface area (Å²) in [5, 5.41) is 0. The van der Waals surface area contributed by atoms with E-state index in [1.807, 2.05) is 27.7 Å². The first kappa shape index (κ1) is 14.9. The van der Waals surface area contributed by atoms with Gasteiger partial charge in [0.2, 0.25) is 0 Å². The summed E-state index contributed by atoms with van der Waals surface area (Å²) in [5.74, 6) is 0.423. The normalized spacial score (nSPS) is 20.3. The van der Waals surface area contributed by atoms with Crippen molar-refractivity contribution in [3.05, 3.63) is 0 Å². The lowest BCUT2D eigenvalue weighted by Crippen LogP contribution is -2.16. The highest BCUT2D eigenvalue weighted by molar-refractivity contribution is 7.54. The summed E-state index contributed by atoms with van der Waals surface area (Å²) in [6.07, 6.45) is 0.193. The molecule has 1 aliphatic rings. The summed E-state index contributed by atoms with van der Waals surface area (Å²) in [7, 11) is -3.02. The number of hydrogen-bond acceptors (Lipinski definition) is 4. The highest BCUT2D eigenvalue weighted by Gasteiger charge is 2.39. The van der Waals surface area contributed by atoms with Gasteiger partial charge in [-0.05, 0) is 33.6 Å². The summed E-state index contributed by atoms with van der Waals surface area (Å²) < 4.78 is 23.5. The molecule has 0 fully saturated rings. The second-order valence-corrected chi connectivity index (χ2v) is 7.33. The molecule has 0 aliphatic carbocycles. The molecular formula is C12H24NO3P. The fourth-order valence-corrected chi connectivity index (χ4v) is 3.97. The van der Waals surface area contributed by atoms with Crippen LogP contribution in [0, 0.1) is 5.92 Å². The summed E-state index contributed by atoms with van der Waals surface area (Å²) in [4.78, 5) is 4.34. The molecule has 17 heavy (non-hydrogen) atoms. The lowest BCUT2D eigenvalue weighted by Gasteiger charge is -2.22. The van der Waals surface area contributed by atoms with Crippen LogP contribution in [0.2, 0.25) is 0 Å². The number of hydrogen-bond donors (Lipinski definition) is 0. The van der Waals surface area contributed by atoms with Crippen LogP contribution in [0.5, 0.6) is 0 Å². The number of rotatable bonds is 7. The van der Waals surface area contributed by atoms with Crippen molar-refractivity contribution >= 4 is 13.3 Å². The van der Waals surface area contributed by atoms with Crippen molar-refractivity contribution in [2.75, 3.05) is 6.16 Å². The molecule has 0 aromatic rings. The maximum atomic E-state index is 12.5. The molecule has 1 heterocycles. The zero-order valence-electron chi connectivity index (χ0n) is 11.6. The van der Waals surface area contributed by atoms with Gasteiger partial charge in [-0.1, -0.05) is 13.8 Å². The third kappa shape index (κ3) is 4.90. The molecule has 0 saturated carbocycles. The molecule has 1 aliphatic heterocycles. The van der Waals surface area contributed by atoms with Crippen LogP contribution in [0.4, 0.5) is 0 Å². The van der Waals surface area contributed by atoms with Gasteiger partial charge in [0, 0.05) is 5.71 Å². The Morgan fingerprint density at radius 3 is 1.88 bits per heavy atom. The van der Waals surface area contributed by atoms with Gasteiger partial charge >= 0.3 is 7.60 Å². The quantitative estimate of drug-likeness (QED) is 0.659. The Bertz CT molecular complexity index is 323. The van der Waals surface area contributed by atoms with Crippen molar-refractivity contribution in [1.82, 2.24) is 0 Å². The van der Waals surface area contributed by atoms with Crippen molar-refractivity contribution in [2.45, 2.75) is 59.8 Å². The first-order valence-electron chi connectivity index (χ1n) is 6.27. The topological polar surface area (TPSA) is 47.9 Å². The fraction of sp³-hybridized carbons (Fsp3) is 0.917. The average molecular weight is 261 g/mol. The summed E-state index contributed by atoms with van der Waals surface area (Å²) >= 11 is 0. The first-order chi connectivity index (χ1) is 7.73. The largest absolute Gasteiger partial charge is 0.333 e. The molecule has 1 unspecified atom stereocenters. The van der Waals surface area contributed by atoms with E-state index < -0.39 is 7.60 Å². The molecule has 0 radical (unpaired) electrons. The van der Waals surface area contributed by atoms with E-state index in [1.165, 1.54) is 0 Å². The molecule has 5 heteroatoms. The van der Waals surface area contributed by atoms with Crippen LogP contribution in [0.15, 0.2) is 4.99 Å². The zero-order chi connectivity index (χ0) is 13.2. The Kier molecular flexibility index (Phi) is 4.94. The second-order valence-electron chi connectivity index (χ2n) is 5.33. The van der Waals surface area contributed by atoms with Crippen LogP contribution in [-0.4, -0.2) is 30.1 Å². The molecule has 0 amide bonds. The van der Waals surface area contributed by atoms with E-state index in [-0.39, 0.29) is 18.2 Å². The zero-order valence-corrected chi connectivity index (χ0v) is 12.5. The molecule has 100 valence electrons. The Hall–Kier alpha value is -0.180. The molecule has 1 rings (SSSR count). The Morgan fingerprint density at radius 1 is 1.12 bits per heavy atom. The SMILES string of the molecule is CC(C)OP(=O)(CC1N=C1C(C)C)OC(C)C. The lowest BCUT2D eigenvalue weighted by molar-refractivity contribution is 0.143. The second kappa shape index (κ2) is 5.64. The molecule has 0 saturated heterocycles. The van der Waals surface area contributed by atoms with Crippen LogP contribution >= 0.6 is 7.60 Å². The predicted molar refractivity (Wildman–Crippen MR) is 71.0 cm³/mol. The van der Waals surface area contributed by atoms with Crippen LogP contribution in [-0.2, 0) is 13.6 Å². The van der Waals surface area contributed by atoms with Crippen LogP contribution in [0.25, 0.3) is 0 Å². The number of aliphatic imine (C=N–C) groups is 1. The van der Waals surface area contributed by atoms with Gasteiger partial charge in [0.25, 0.3) is 0 Å². The van der Waals surface area contributed by atoms with Gasteiger partial charge in [-0.25, -0.2) is 0 Å². The van der Waals surface area contributed by atoms with Crippen LogP contribution in [0.1, 0.15) is 41.5 Å². The van der Waals surface area contributed by atoms with Crippen molar-refractivity contribution in [3.8, 4) is 0 Å². The fourth-order valence-electron chi connectivity index (χ4n) is 1.78. The highest BCUT2D eigenvalue weighted by Crippen LogP contribution is 2.52. The molecule has 4 nitrogen and oxygen atoms in total. The third-order valence-electron chi connectivity index (χ3n) is 2.31. The Balaban J connectivity index is 2.57. The summed E-state index contributed by atoms with van der Waals surface area (Å²) in [6, 6.07) is 0.0679. The van der Waals surface area contributed by atoms with Crippen molar-refractivity contribution < 1.29 is 13.6 Å². The maximum Gasteiger partial charge on any atom is 0.333 e. The van der Waals surface area contributed by atoms with Gasteiger partial charge in [0.15, 0.2) is 0 Å². The number of nitrogens with zero attached hydrogens (tertiary/aromatic N) is 1. The Labute approximate surface area is 104 Å². The average Bonchev–Trinajstić information content (AvgIpc) is 2.78. The standard InChI is InChI=1S/C12H24NO3P/c1-8(2)12-11(13-12)7-17(14,15-9(3)4)16-10(5)6/h8-11H,7H2,1-6H3. The lowest BCUT2D eigenvalue weighted by atomic mass is 10.1. The van der Waals surface area contributed by atoms with E-state index in [1.54, 1.807) is 0 Å². The summed E-state index contributed by atoms with van der Waals surface area (Å²) in [5.41, 5.74) is 1.13. The molecule has 0 bridgehead atoms. The highest BCUT2D eigenvalue weighted by atomic mass is 31.2. The van der Waals surface area contributed by atoms with Gasteiger partial charge in [-0.2, -0.15) is 0 Å². The summed E-state index contributed by atoms with van der Waals surface area (Å²) in [6.45, 7) is 11.7. The van der Waals surface area contributed by atoms with Crippen LogP contribution < -0.4 is 0 Å². The van der Waals surface area contributed by atoms with Gasteiger partial charge in [-0.3, -0.25) is 9.56 Å². The first-order valence-corrected chi connectivity index (χ1v) is 7.99. The van der Waals surface area contributed by atoms with Crippen molar-refractivity contribution in [1.29, 1.82) is 0 Å². The minimum atomic E-state index is -3.02. The van der Waals surface area contributed by atoms with E-state index in [9.17, 15) is 4.57 Å². The van der Waals surface area contributed by atoms with E-state index in [4.69, 9.17) is 9.05 Å². The van der Waals surface area contributed by atoms with E-state index in [2.05, 4.69) is 18.8 Å². The van der Waals surface area contributed by atoms with Gasteiger partial charge < -0.3 is 9.05 Å². The molecule has 0 spiro atoms. The van der Waals surface area contributed by atoms with E-state index >= 15 is 0 Å². The van der Waals surface area contributed by atoms with Gasteiger partial charge in [-0.15, -0.1) is 0 Å². The van der Waals surface area contributed by atoms with Crippen molar-refractivity contribution in [3.63, 3.8) is 0 Å². The van der Waals surface area contributed by atoms with E-state index in [0.717, 1.165) is 5.71 Å². The van der Waals surface area contributed by atoms with E-state index in [0.29, 0.717) is 12.1 Å². The van der Waals surface area contributed by atoms with Crippen molar-refractivity contribution in [2.24, 2.45) is 10.9 Å². The third-order valence-corrected chi connectivity index (χ3v) is 4.59. The smallest absolute Gasteiger partial charge is 0.306 e. The molecule has 0 N–H and O–H groups in total. The van der Waals surface area contributed by atoms with Gasteiger partial charge in [0.1, 0.15) is 0 Å². The molecule has 0 aromatic carbocycles. The van der Waals surface area contributed by atoms with Gasteiger partial charge in [0.05, 0.1) is 24.4 Å². The maximum absolute atomic E-state index is 12.5. The molecular weight excluding hydrogens is 237 g/mol. The van der Waals surface area contributed by atoms with Crippen LogP contribution in [0.3, 0.4) is 0 Å². The Morgan fingerprint density at radius 2 is 1.59 bits per heavy atom. The monoisotopic (exact) mass is 261 g/mol. The minimum absolute atomic E-state index is 0.0679.